The van der Waals surface area contributed by atoms with Crippen molar-refractivity contribution in [3.63, 3.8) is 0 Å². The molecule has 0 bridgehead atoms. The average Bonchev–Trinajstić information content (AvgIpc) is 2.71. The molecule has 0 aliphatic heterocycles. The number of thiazole rings is 1. The van der Waals surface area contributed by atoms with E-state index in [0.29, 0.717) is 12.6 Å². The number of nitrogen functional groups attached to an aromatic ring is 1. The molecule has 2 aromatic rings. The second-order valence-electron chi connectivity index (χ2n) is 4.33. The van der Waals surface area contributed by atoms with Crippen LogP contribution in [0.2, 0.25) is 0 Å². The quantitative estimate of drug-likeness (QED) is 0.788. The Hall–Kier alpha value is -1.33. The molecule has 1 atom stereocenters. The molecule has 1 aromatic carbocycles. The monoisotopic (exact) mass is 265 g/mol. The van der Waals surface area contributed by atoms with Crippen molar-refractivity contribution in [1.82, 2.24) is 4.98 Å². The van der Waals surface area contributed by atoms with E-state index in [-0.39, 0.29) is 0 Å². The molecule has 0 spiro atoms. The lowest BCUT2D eigenvalue weighted by atomic mass is 10.2. The van der Waals surface area contributed by atoms with Crippen molar-refractivity contribution in [2.45, 2.75) is 25.8 Å². The van der Waals surface area contributed by atoms with Crippen LogP contribution in [-0.4, -0.2) is 24.7 Å². The van der Waals surface area contributed by atoms with Crippen LogP contribution >= 0.6 is 11.3 Å². The summed E-state index contributed by atoms with van der Waals surface area (Å²) in [5.41, 5.74) is 7.54. The molecule has 18 heavy (non-hydrogen) atoms. The third-order valence-electron chi connectivity index (χ3n) is 2.75. The van der Waals surface area contributed by atoms with Crippen LogP contribution < -0.4 is 11.1 Å². The number of anilines is 2. The smallest absolute Gasteiger partial charge is 0.184 e. The number of fused-ring (bicyclic) bond motifs is 1. The minimum atomic E-state index is 0.318. The average molecular weight is 265 g/mol. The summed E-state index contributed by atoms with van der Waals surface area (Å²) in [7, 11) is 1.73. The minimum absolute atomic E-state index is 0.318. The van der Waals surface area contributed by atoms with E-state index in [1.807, 2.05) is 18.2 Å². The summed E-state index contributed by atoms with van der Waals surface area (Å²) in [5, 5.41) is 4.37. The van der Waals surface area contributed by atoms with Crippen LogP contribution in [0.5, 0.6) is 0 Å². The highest BCUT2D eigenvalue weighted by Gasteiger charge is 2.10. The van der Waals surface area contributed by atoms with Crippen LogP contribution in [-0.2, 0) is 4.74 Å². The molecule has 0 aliphatic rings. The van der Waals surface area contributed by atoms with Gasteiger partial charge in [0.25, 0.3) is 0 Å². The van der Waals surface area contributed by atoms with Crippen molar-refractivity contribution in [1.29, 1.82) is 0 Å². The summed E-state index contributed by atoms with van der Waals surface area (Å²) in [4.78, 5) is 4.55. The van der Waals surface area contributed by atoms with Crippen LogP contribution in [0.3, 0.4) is 0 Å². The summed E-state index contributed by atoms with van der Waals surface area (Å²) >= 11 is 1.63. The molecule has 98 valence electrons. The standard InChI is InChI=1S/C13H19N3OS/c1-3-4-10(8-17-2)15-13-16-11-6-5-9(14)7-12(11)18-13/h5-7,10H,3-4,8,14H2,1-2H3,(H,15,16). The van der Waals surface area contributed by atoms with Crippen molar-refractivity contribution in [3.8, 4) is 0 Å². The Labute approximate surface area is 111 Å². The minimum Gasteiger partial charge on any atom is -0.399 e. The number of methoxy groups -OCH3 is 1. The van der Waals surface area contributed by atoms with Crippen molar-refractivity contribution >= 4 is 32.4 Å². The molecule has 3 N–H and O–H groups in total. The van der Waals surface area contributed by atoms with Gasteiger partial charge in [-0.25, -0.2) is 4.98 Å². The number of hydrogen-bond donors (Lipinski definition) is 2. The fraction of sp³-hybridized carbons (Fsp3) is 0.462. The highest BCUT2D eigenvalue weighted by molar-refractivity contribution is 7.22. The SMILES string of the molecule is CCCC(COC)Nc1nc2ccc(N)cc2s1. The maximum Gasteiger partial charge on any atom is 0.184 e. The van der Waals surface area contributed by atoms with E-state index in [4.69, 9.17) is 10.5 Å². The number of hydrogen-bond acceptors (Lipinski definition) is 5. The van der Waals surface area contributed by atoms with Crippen molar-refractivity contribution in [2.75, 3.05) is 24.8 Å². The second-order valence-corrected chi connectivity index (χ2v) is 5.36. The molecule has 0 saturated carbocycles. The molecule has 0 saturated heterocycles. The zero-order chi connectivity index (χ0) is 13.0. The third-order valence-corrected chi connectivity index (χ3v) is 3.69. The number of rotatable bonds is 6. The number of nitrogens with two attached hydrogens (primary N) is 1. The lowest BCUT2D eigenvalue weighted by Gasteiger charge is -2.15. The largest absolute Gasteiger partial charge is 0.399 e. The molecule has 0 fully saturated rings. The van der Waals surface area contributed by atoms with E-state index >= 15 is 0 Å². The molecular formula is C13H19N3OS. The topological polar surface area (TPSA) is 60.2 Å². The first kappa shape index (κ1) is 13.1. The molecule has 2 rings (SSSR count). The normalized spacial score (nSPS) is 12.8. The number of benzene rings is 1. The second kappa shape index (κ2) is 6.02. The van der Waals surface area contributed by atoms with E-state index in [9.17, 15) is 0 Å². The first-order valence-corrected chi connectivity index (χ1v) is 6.96. The first-order valence-electron chi connectivity index (χ1n) is 6.14. The van der Waals surface area contributed by atoms with E-state index in [0.717, 1.165) is 33.9 Å². The van der Waals surface area contributed by atoms with Gasteiger partial charge in [-0.1, -0.05) is 24.7 Å². The van der Waals surface area contributed by atoms with Gasteiger partial charge in [0.1, 0.15) is 0 Å². The summed E-state index contributed by atoms with van der Waals surface area (Å²) in [5.74, 6) is 0. The first-order chi connectivity index (χ1) is 8.72. The molecule has 0 aliphatic carbocycles. The zero-order valence-electron chi connectivity index (χ0n) is 10.8. The molecule has 0 amide bonds. The lowest BCUT2D eigenvalue weighted by molar-refractivity contribution is 0.182. The number of ether oxygens (including phenoxy) is 1. The van der Waals surface area contributed by atoms with E-state index in [2.05, 4.69) is 17.2 Å². The van der Waals surface area contributed by atoms with Gasteiger partial charge < -0.3 is 15.8 Å². The lowest BCUT2D eigenvalue weighted by Crippen LogP contribution is -2.24. The van der Waals surface area contributed by atoms with E-state index in [1.165, 1.54) is 0 Å². The van der Waals surface area contributed by atoms with Gasteiger partial charge in [-0.15, -0.1) is 0 Å². The Balaban J connectivity index is 2.14. The summed E-state index contributed by atoms with van der Waals surface area (Å²) < 4.78 is 6.33. The van der Waals surface area contributed by atoms with Gasteiger partial charge in [-0.2, -0.15) is 0 Å². The molecule has 5 heteroatoms. The highest BCUT2D eigenvalue weighted by atomic mass is 32.1. The molecule has 1 aromatic heterocycles. The Kier molecular flexibility index (Phi) is 4.38. The molecular weight excluding hydrogens is 246 g/mol. The van der Waals surface area contributed by atoms with Crippen LogP contribution in [0.15, 0.2) is 18.2 Å². The van der Waals surface area contributed by atoms with Gasteiger partial charge >= 0.3 is 0 Å². The van der Waals surface area contributed by atoms with Crippen LogP contribution in [0.4, 0.5) is 10.8 Å². The predicted molar refractivity (Wildman–Crippen MR) is 78.2 cm³/mol. The van der Waals surface area contributed by atoms with Gasteiger partial charge in [-0.3, -0.25) is 0 Å². The fourth-order valence-corrected chi connectivity index (χ4v) is 2.92. The molecule has 1 heterocycles. The predicted octanol–water partition coefficient (Wildman–Crippen LogP) is 3.11. The van der Waals surface area contributed by atoms with Crippen LogP contribution in [0.1, 0.15) is 19.8 Å². The van der Waals surface area contributed by atoms with Crippen molar-refractivity contribution in [2.24, 2.45) is 0 Å². The Morgan fingerprint density at radius 3 is 3.06 bits per heavy atom. The highest BCUT2D eigenvalue weighted by Crippen LogP contribution is 2.28. The van der Waals surface area contributed by atoms with E-state index in [1.54, 1.807) is 18.4 Å². The Bertz CT molecular complexity index is 506. The van der Waals surface area contributed by atoms with Gasteiger partial charge in [0.2, 0.25) is 0 Å². The van der Waals surface area contributed by atoms with Crippen molar-refractivity contribution in [3.05, 3.63) is 18.2 Å². The summed E-state index contributed by atoms with van der Waals surface area (Å²) in [6.07, 6.45) is 2.20. The molecule has 0 radical (unpaired) electrons. The summed E-state index contributed by atoms with van der Waals surface area (Å²) in [6.45, 7) is 2.87. The van der Waals surface area contributed by atoms with Gasteiger partial charge in [0.15, 0.2) is 5.13 Å². The van der Waals surface area contributed by atoms with Crippen molar-refractivity contribution < 1.29 is 4.74 Å². The summed E-state index contributed by atoms with van der Waals surface area (Å²) in [6, 6.07) is 6.11. The van der Waals surface area contributed by atoms with Crippen LogP contribution in [0.25, 0.3) is 10.2 Å². The molecule has 1 unspecified atom stereocenters. The maximum atomic E-state index is 5.77. The maximum absolute atomic E-state index is 5.77. The number of aromatic nitrogens is 1. The van der Waals surface area contributed by atoms with E-state index < -0.39 is 0 Å². The number of nitrogens with zero attached hydrogens (tertiary/aromatic N) is 1. The van der Waals surface area contributed by atoms with Gasteiger partial charge in [0, 0.05) is 12.8 Å². The zero-order valence-corrected chi connectivity index (χ0v) is 11.6. The number of nitrogens with one attached hydrogen (secondary N) is 1. The third kappa shape index (κ3) is 3.11. The Morgan fingerprint density at radius 2 is 2.33 bits per heavy atom. The molecule has 4 nitrogen and oxygen atoms in total. The van der Waals surface area contributed by atoms with Gasteiger partial charge in [0.05, 0.1) is 22.9 Å². The van der Waals surface area contributed by atoms with Gasteiger partial charge in [-0.05, 0) is 24.6 Å². The fourth-order valence-electron chi connectivity index (χ4n) is 1.92. The Morgan fingerprint density at radius 1 is 1.50 bits per heavy atom. The van der Waals surface area contributed by atoms with Crippen LogP contribution in [0, 0.1) is 0 Å².